The molecule has 174 valence electrons. The number of likely N-dealkylation sites (tertiary alicyclic amines) is 1. The molecule has 2 aromatic heterocycles. The largest absolute Gasteiger partial charge is 0.494 e. The predicted octanol–water partition coefficient (Wildman–Crippen LogP) is 3.05. The molecule has 0 bridgehead atoms. The van der Waals surface area contributed by atoms with Crippen LogP contribution >= 0.6 is 0 Å². The second-order valence-electron chi connectivity index (χ2n) is 8.96. The zero-order valence-electron chi connectivity index (χ0n) is 19.3. The van der Waals surface area contributed by atoms with Crippen LogP contribution in [-0.2, 0) is 24.3 Å². The van der Waals surface area contributed by atoms with Gasteiger partial charge < -0.3 is 9.64 Å². The van der Waals surface area contributed by atoms with Gasteiger partial charge in [0.1, 0.15) is 5.75 Å². The van der Waals surface area contributed by atoms with E-state index in [9.17, 15) is 9.59 Å². The first kappa shape index (κ1) is 21.7. The van der Waals surface area contributed by atoms with Crippen molar-refractivity contribution in [1.82, 2.24) is 24.4 Å². The van der Waals surface area contributed by atoms with E-state index in [1.54, 1.807) is 16.3 Å². The highest BCUT2D eigenvalue weighted by Gasteiger charge is 2.28. The summed E-state index contributed by atoms with van der Waals surface area (Å²) in [5, 5.41) is 3.35. The molecule has 0 spiro atoms. The molecule has 2 aliphatic heterocycles. The highest BCUT2D eigenvalue weighted by Crippen LogP contribution is 2.33. The monoisotopic (exact) mass is 449 g/mol. The number of fused-ring (bicyclic) bond motifs is 2. The molecule has 1 aromatic carbocycles. The third kappa shape index (κ3) is 4.15. The van der Waals surface area contributed by atoms with Crippen LogP contribution in [0.1, 0.15) is 61.7 Å². The Morgan fingerprint density at radius 3 is 2.91 bits per heavy atom. The van der Waals surface area contributed by atoms with Crippen LogP contribution in [0, 0.1) is 0 Å². The van der Waals surface area contributed by atoms with Gasteiger partial charge in [-0.2, -0.15) is 0 Å². The zero-order chi connectivity index (χ0) is 22.9. The first-order chi connectivity index (χ1) is 16.0. The Balaban J connectivity index is 1.47. The van der Waals surface area contributed by atoms with Crippen LogP contribution in [0.5, 0.6) is 5.75 Å². The Kier molecular flexibility index (Phi) is 5.93. The van der Waals surface area contributed by atoms with E-state index in [2.05, 4.69) is 22.1 Å². The number of ether oxygens (including phenoxy) is 1. The third-order valence-electron chi connectivity index (χ3n) is 6.85. The highest BCUT2D eigenvalue weighted by atomic mass is 16.5. The number of aromatic nitrogens is 3. The van der Waals surface area contributed by atoms with Crippen molar-refractivity contribution in [1.29, 1.82) is 0 Å². The number of amides is 1. The molecule has 8 heteroatoms. The number of nitrogens with one attached hydrogen (secondary N) is 1. The molecule has 5 rings (SSSR count). The van der Waals surface area contributed by atoms with E-state index in [0.717, 1.165) is 49.5 Å². The van der Waals surface area contributed by atoms with Crippen LogP contribution in [-0.4, -0.2) is 50.0 Å². The molecular formula is C25H31N5O3. The van der Waals surface area contributed by atoms with Gasteiger partial charge in [0.25, 0.3) is 5.56 Å². The Morgan fingerprint density at radius 2 is 2.09 bits per heavy atom. The van der Waals surface area contributed by atoms with Gasteiger partial charge in [-0.25, -0.2) is 9.50 Å². The van der Waals surface area contributed by atoms with Gasteiger partial charge in [0.15, 0.2) is 5.65 Å². The summed E-state index contributed by atoms with van der Waals surface area (Å²) in [4.78, 5) is 34.0. The van der Waals surface area contributed by atoms with Gasteiger partial charge in [-0.1, -0.05) is 24.6 Å². The minimum absolute atomic E-state index is 0.0116. The maximum absolute atomic E-state index is 13.3. The van der Waals surface area contributed by atoms with E-state index >= 15 is 0 Å². The maximum Gasteiger partial charge on any atom is 0.277 e. The zero-order valence-corrected chi connectivity index (χ0v) is 19.3. The standard InChI is InChI=1S/C25H31N5O3/c1-3-33-23-10-5-4-8-18(23)15-29-12-7-6-9-22(29)21-14-24-26-20-11-13-28(17(2)31)16-19(20)25(32)30(24)27-21/h4-5,8,10,14,22,27H,3,6-7,9,11-13,15-16H2,1-2H3/t22-/m0/s1. The third-order valence-corrected chi connectivity index (χ3v) is 6.85. The molecule has 1 fully saturated rings. The fourth-order valence-electron chi connectivity index (χ4n) is 5.12. The number of hydrogen-bond donors (Lipinski definition) is 1. The Hall–Kier alpha value is -3.13. The van der Waals surface area contributed by atoms with Crippen LogP contribution in [0.3, 0.4) is 0 Å². The van der Waals surface area contributed by atoms with Gasteiger partial charge in [-0.05, 0) is 32.4 Å². The number of carbonyl (C=O) groups is 1. The van der Waals surface area contributed by atoms with E-state index in [1.165, 1.54) is 5.56 Å². The summed E-state index contributed by atoms with van der Waals surface area (Å²) in [6.07, 6.45) is 3.94. The summed E-state index contributed by atoms with van der Waals surface area (Å²) in [6.45, 7) is 6.92. The molecule has 1 N–H and O–H groups in total. The number of hydrogen-bond acceptors (Lipinski definition) is 5. The van der Waals surface area contributed by atoms with Crippen LogP contribution < -0.4 is 10.3 Å². The molecule has 1 saturated heterocycles. The number of H-pyrrole nitrogens is 1. The molecule has 0 saturated carbocycles. The average molecular weight is 450 g/mol. The minimum atomic E-state index is -0.101. The van der Waals surface area contributed by atoms with Gasteiger partial charge in [0.05, 0.1) is 36.1 Å². The Bertz CT molecular complexity index is 1230. The second-order valence-corrected chi connectivity index (χ2v) is 8.96. The highest BCUT2D eigenvalue weighted by molar-refractivity contribution is 5.73. The maximum atomic E-state index is 13.3. The summed E-state index contributed by atoms with van der Waals surface area (Å²) < 4.78 is 7.40. The fraction of sp³-hybridized carbons (Fsp3) is 0.480. The smallest absolute Gasteiger partial charge is 0.277 e. The molecule has 3 aromatic rings. The molecule has 0 aliphatic carbocycles. The van der Waals surface area contributed by atoms with Gasteiger partial charge in [0.2, 0.25) is 5.91 Å². The SMILES string of the molecule is CCOc1ccccc1CN1CCCC[C@H]1c1cc2nc3c(c(=O)n2[nH]1)CN(C(C)=O)CC3. The normalized spacial score (nSPS) is 19.0. The molecule has 0 unspecified atom stereocenters. The van der Waals surface area contributed by atoms with Crippen molar-refractivity contribution in [2.75, 3.05) is 19.7 Å². The summed E-state index contributed by atoms with van der Waals surface area (Å²) in [7, 11) is 0. The molecule has 4 heterocycles. The van der Waals surface area contributed by atoms with Crippen molar-refractivity contribution < 1.29 is 9.53 Å². The lowest BCUT2D eigenvalue weighted by atomic mass is 9.98. The lowest BCUT2D eigenvalue weighted by Gasteiger charge is -2.35. The molecular weight excluding hydrogens is 418 g/mol. The van der Waals surface area contributed by atoms with E-state index < -0.39 is 0 Å². The number of benzene rings is 1. The molecule has 8 nitrogen and oxygen atoms in total. The van der Waals surface area contributed by atoms with Crippen molar-refractivity contribution in [3.8, 4) is 5.75 Å². The summed E-state index contributed by atoms with van der Waals surface area (Å²) >= 11 is 0. The number of aromatic amines is 1. The number of para-hydroxylation sites is 1. The van der Waals surface area contributed by atoms with Gasteiger partial charge in [-0.3, -0.25) is 19.6 Å². The van der Waals surface area contributed by atoms with Gasteiger partial charge in [0, 0.05) is 38.1 Å². The molecule has 2 aliphatic rings. The van der Waals surface area contributed by atoms with Gasteiger partial charge in [-0.15, -0.1) is 0 Å². The quantitative estimate of drug-likeness (QED) is 0.647. The van der Waals surface area contributed by atoms with Crippen LogP contribution in [0.2, 0.25) is 0 Å². The summed E-state index contributed by atoms with van der Waals surface area (Å²) in [5.41, 5.74) is 4.18. The Morgan fingerprint density at radius 1 is 1.24 bits per heavy atom. The van der Waals surface area contributed by atoms with Crippen molar-refractivity contribution >= 4 is 11.6 Å². The lowest BCUT2D eigenvalue weighted by molar-refractivity contribution is -0.129. The van der Waals surface area contributed by atoms with E-state index in [-0.39, 0.29) is 17.5 Å². The van der Waals surface area contributed by atoms with Crippen LogP contribution in [0.25, 0.3) is 5.65 Å². The first-order valence-corrected chi connectivity index (χ1v) is 11.9. The van der Waals surface area contributed by atoms with Crippen LogP contribution in [0.4, 0.5) is 0 Å². The minimum Gasteiger partial charge on any atom is -0.494 e. The van der Waals surface area contributed by atoms with Crippen molar-refractivity contribution in [3.63, 3.8) is 0 Å². The summed E-state index contributed by atoms with van der Waals surface area (Å²) in [6, 6.07) is 10.4. The van der Waals surface area contributed by atoms with E-state index in [0.29, 0.717) is 37.3 Å². The first-order valence-electron chi connectivity index (χ1n) is 11.9. The van der Waals surface area contributed by atoms with Crippen molar-refractivity contribution in [2.45, 2.75) is 58.7 Å². The predicted molar refractivity (Wildman–Crippen MR) is 125 cm³/mol. The molecule has 33 heavy (non-hydrogen) atoms. The second kappa shape index (κ2) is 9.02. The Labute approximate surface area is 193 Å². The fourth-order valence-corrected chi connectivity index (χ4v) is 5.12. The van der Waals surface area contributed by atoms with Gasteiger partial charge >= 0.3 is 0 Å². The number of nitrogens with zero attached hydrogens (tertiary/aromatic N) is 4. The summed E-state index contributed by atoms with van der Waals surface area (Å²) in [5.74, 6) is 0.920. The number of rotatable bonds is 5. The van der Waals surface area contributed by atoms with E-state index in [4.69, 9.17) is 9.72 Å². The average Bonchev–Trinajstić information content (AvgIpc) is 3.25. The molecule has 0 radical (unpaired) electrons. The molecule has 1 amide bonds. The van der Waals surface area contributed by atoms with E-state index in [1.807, 2.05) is 25.1 Å². The topological polar surface area (TPSA) is 82.9 Å². The van der Waals surface area contributed by atoms with Crippen molar-refractivity contribution in [2.24, 2.45) is 0 Å². The lowest BCUT2D eigenvalue weighted by Crippen LogP contribution is -2.39. The number of piperidine rings is 1. The van der Waals surface area contributed by atoms with Crippen LogP contribution in [0.15, 0.2) is 35.1 Å². The number of carbonyl (C=O) groups excluding carboxylic acids is 1. The molecule has 1 atom stereocenters. The van der Waals surface area contributed by atoms with Crippen molar-refractivity contribution in [3.05, 3.63) is 63.2 Å².